The number of imidazole rings is 1. The Kier molecular flexibility index (Phi) is 2.38. The Morgan fingerprint density at radius 2 is 1.86 bits per heavy atom. The van der Waals surface area contributed by atoms with Crippen molar-refractivity contribution < 1.29 is 4.57 Å². The standard InChI is InChI=1S/C19H23N2/c1-5-18(3)15-9-7-8-14-10-11-20-12-13-21(17(20)16(14)15)19(18,4)6-2/h7-13H,5-6H2,1-4H3/q+1. The number of hydrogen-bond donors (Lipinski definition) is 0. The van der Waals surface area contributed by atoms with Crippen molar-refractivity contribution in [3.8, 4) is 0 Å². The Balaban J connectivity index is 2.31. The van der Waals surface area contributed by atoms with E-state index in [9.17, 15) is 0 Å². The van der Waals surface area contributed by atoms with Crippen LogP contribution in [0, 0.1) is 0 Å². The molecule has 1 aliphatic heterocycles. The maximum Gasteiger partial charge on any atom is 0.294 e. The van der Waals surface area contributed by atoms with Crippen LogP contribution in [0.25, 0.3) is 16.4 Å². The van der Waals surface area contributed by atoms with Gasteiger partial charge in [0.15, 0.2) is 0 Å². The molecule has 2 unspecified atom stereocenters. The summed E-state index contributed by atoms with van der Waals surface area (Å²) in [5.41, 5.74) is 3.12. The molecule has 0 aliphatic carbocycles. The zero-order valence-corrected chi connectivity index (χ0v) is 13.4. The monoisotopic (exact) mass is 279 g/mol. The minimum absolute atomic E-state index is 0.110. The molecule has 0 saturated carbocycles. The maximum absolute atomic E-state index is 2.52. The van der Waals surface area contributed by atoms with E-state index >= 15 is 0 Å². The number of hydrogen-bond acceptors (Lipinski definition) is 0. The van der Waals surface area contributed by atoms with Crippen molar-refractivity contribution >= 4 is 16.4 Å². The van der Waals surface area contributed by atoms with Gasteiger partial charge in [-0.3, -0.25) is 0 Å². The fourth-order valence-electron chi connectivity index (χ4n) is 4.44. The molecule has 21 heavy (non-hydrogen) atoms. The molecule has 0 amide bonds. The van der Waals surface area contributed by atoms with Crippen LogP contribution in [0.1, 0.15) is 46.1 Å². The van der Waals surface area contributed by atoms with Crippen LogP contribution in [0.3, 0.4) is 0 Å². The van der Waals surface area contributed by atoms with Gasteiger partial charge >= 0.3 is 0 Å². The van der Waals surface area contributed by atoms with Crippen LogP contribution in [0.4, 0.5) is 0 Å². The van der Waals surface area contributed by atoms with Gasteiger partial charge in [0.1, 0.15) is 17.9 Å². The van der Waals surface area contributed by atoms with Crippen LogP contribution in [0.15, 0.2) is 42.9 Å². The Labute approximate surface area is 126 Å². The molecule has 2 atom stereocenters. The number of benzene rings is 1. The van der Waals surface area contributed by atoms with Gasteiger partial charge in [-0.1, -0.05) is 39.0 Å². The van der Waals surface area contributed by atoms with E-state index < -0.39 is 0 Å². The van der Waals surface area contributed by atoms with Gasteiger partial charge < -0.3 is 0 Å². The zero-order valence-electron chi connectivity index (χ0n) is 13.4. The third-order valence-electron chi connectivity index (χ3n) is 6.29. The van der Waals surface area contributed by atoms with Gasteiger partial charge in [-0.2, -0.15) is 0 Å². The van der Waals surface area contributed by atoms with Gasteiger partial charge in [-0.15, -0.1) is 0 Å². The predicted octanol–water partition coefficient (Wildman–Crippen LogP) is 4.19. The molecule has 108 valence electrons. The highest BCUT2D eigenvalue weighted by atomic mass is 15.2. The van der Waals surface area contributed by atoms with E-state index in [0.29, 0.717) is 0 Å². The SMILES string of the molecule is CCC1(C)c2cccc3ccn4cc[n+](c4c23)C1(C)CC. The van der Waals surface area contributed by atoms with Gasteiger partial charge in [0.05, 0.1) is 11.6 Å². The lowest BCUT2D eigenvalue weighted by atomic mass is 9.62. The molecule has 0 N–H and O–H groups in total. The fourth-order valence-corrected chi connectivity index (χ4v) is 4.44. The summed E-state index contributed by atoms with van der Waals surface area (Å²) in [5.74, 6) is 0. The minimum atomic E-state index is 0.110. The minimum Gasteiger partial charge on any atom is -0.224 e. The van der Waals surface area contributed by atoms with Crippen molar-refractivity contribution in [3.63, 3.8) is 0 Å². The van der Waals surface area contributed by atoms with Crippen molar-refractivity contribution in [1.29, 1.82) is 0 Å². The summed E-state index contributed by atoms with van der Waals surface area (Å²) in [5, 5.41) is 2.78. The first-order chi connectivity index (χ1) is 10.1. The second kappa shape index (κ2) is 3.88. The third kappa shape index (κ3) is 1.27. The highest BCUT2D eigenvalue weighted by Gasteiger charge is 2.53. The van der Waals surface area contributed by atoms with E-state index in [1.165, 1.54) is 22.0 Å². The predicted molar refractivity (Wildman–Crippen MR) is 86.7 cm³/mol. The van der Waals surface area contributed by atoms with E-state index in [0.717, 1.165) is 12.8 Å². The molecular weight excluding hydrogens is 256 g/mol. The van der Waals surface area contributed by atoms with Crippen molar-refractivity contribution in [3.05, 3.63) is 48.4 Å². The molecule has 0 bridgehead atoms. The fraction of sp³-hybridized carbons (Fsp3) is 0.421. The summed E-state index contributed by atoms with van der Waals surface area (Å²) >= 11 is 0. The molecule has 0 spiro atoms. The molecule has 2 heteroatoms. The second-order valence-corrected chi connectivity index (χ2v) is 6.80. The average molecular weight is 279 g/mol. The molecule has 1 aliphatic rings. The van der Waals surface area contributed by atoms with Crippen LogP contribution in [0.5, 0.6) is 0 Å². The molecule has 4 rings (SSSR count). The molecular formula is C19H23N2+. The number of aromatic nitrogens is 2. The van der Waals surface area contributed by atoms with Crippen molar-refractivity contribution in [2.24, 2.45) is 0 Å². The quantitative estimate of drug-likeness (QED) is 0.622. The first kappa shape index (κ1) is 12.9. The number of rotatable bonds is 2. The smallest absolute Gasteiger partial charge is 0.224 e. The first-order valence-corrected chi connectivity index (χ1v) is 8.02. The lowest BCUT2D eigenvalue weighted by Gasteiger charge is -2.46. The lowest BCUT2D eigenvalue weighted by molar-refractivity contribution is -0.750. The molecule has 1 aromatic carbocycles. The lowest BCUT2D eigenvalue weighted by Crippen LogP contribution is -2.65. The van der Waals surface area contributed by atoms with E-state index in [1.807, 2.05) is 0 Å². The van der Waals surface area contributed by atoms with Crippen molar-refractivity contribution in [2.45, 2.75) is 51.5 Å². The molecule has 3 heterocycles. The summed E-state index contributed by atoms with van der Waals surface area (Å²) in [4.78, 5) is 0. The largest absolute Gasteiger partial charge is 0.294 e. The van der Waals surface area contributed by atoms with Crippen molar-refractivity contribution in [2.75, 3.05) is 0 Å². The van der Waals surface area contributed by atoms with Crippen LogP contribution in [-0.4, -0.2) is 4.40 Å². The van der Waals surface area contributed by atoms with Gasteiger partial charge in [0.2, 0.25) is 0 Å². The molecule has 0 saturated heterocycles. The van der Waals surface area contributed by atoms with Crippen LogP contribution < -0.4 is 4.57 Å². The molecule has 0 fully saturated rings. The highest BCUT2D eigenvalue weighted by Crippen LogP contribution is 2.48. The molecule has 0 radical (unpaired) electrons. The van der Waals surface area contributed by atoms with Gasteiger partial charge in [-0.25, -0.2) is 8.97 Å². The Bertz CT molecular complexity index is 861. The van der Waals surface area contributed by atoms with Gasteiger partial charge in [-0.05, 0) is 36.8 Å². The highest BCUT2D eigenvalue weighted by molar-refractivity contribution is 5.96. The van der Waals surface area contributed by atoms with E-state index in [4.69, 9.17) is 0 Å². The summed E-state index contributed by atoms with van der Waals surface area (Å²) in [7, 11) is 0. The summed E-state index contributed by atoms with van der Waals surface area (Å²) < 4.78 is 4.79. The zero-order chi connectivity index (χ0) is 14.8. The topological polar surface area (TPSA) is 8.29 Å². The molecule has 2 nitrogen and oxygen atoms in total. The number of pyridine rings is 1. The first-order valence-electron chi connectivity index (χ1n) is 8.02. The summed E-state index contributed by atoms with van der Waals surface area (Å²) in [6.45, 7) is 9.51. The van der Waals surface area contributed by atoms with Crippen LogP contribution >= 0.6 is 0 Å². The summed E-state index contributed by atoms with van der Waals surface area (Å²) in [6, 6.07) is 9.04. The Morgan fingerprint density at radius 3 is 2.57 bits per heavy atom. The maximum atomic E-state index is 2.52. The van der Waals surface area contributed by atoms with Crippen LogP contribution in [0.2, 0.25) is 0 Å². The Hall–Kier alpha value is -1.83. The number of nitrogens with zero attached hydrogens (tertiary/aromatic N) is 2. The third-order valence-corrected chi connectivity index (χ3v) is 6.29. The molecule has 3 aromatic rings. The van der Waals surface area contributed by atoms with E-state index in [2.05, 4.69) is 79.5 Å². The van der Waals surface area contributed by atoms with E-state index in [1.54, 1.807) is 0 Å². The van der Waals surface area contributed by atoms with E-state index in [-0.39, 0.29) is 11.0 Å². The van der Waals surface area contributed by atoms with Crippen LogP contribution in [-0.2, 0) is 11.0 Å². The Morgan fingerprint density at radius 1 is 1.05 bits per heavy atom. The normalized spacial score (nSPS) is 27.8. The summed E-state index contributed by atoms with van der Waals surface area (Å²) in [6.07, 6.45) is 8.92. The molecule has 2 aromatic heterocycles. The average Bonchev–Trinajstić information content (AvgIpc) is 2.96. The second-order valence-electron chi connectivity index (χ2n) is 6.80. The van der Waals surface area contributed by atoms with Gasteiger partial charge in [0.25, 0.3) is 5.65 Å². The van der Waals surface area contributed by atoms with Gasteiger partial charge in [0, 0.05) is 5.41 Å². The van der Waals surface area contributed by atoms with Crippen molar-refractivity contribution in [1.82, 2.24) is 4.40 Å².